The van der Waals surface area contributed by atoms with E-state index in [0.717, 1.165) is 42.6 Å². The van der Waals surface area contributed by atoms with E-state index in [0.29, 0.717) is 29.9 Å². The van der Waals surface area contributed by atoms with Crippen LogP contribution in [0.1, 0.15) is 56.2 Å². The number of H-pyrrole nitrogens is 1. The zero-order valence-electron chi connectivity index (χ0n) is 17.0. The Labute approximate surface area is 171 Å². The second-order valence-electron chi connectivity index (χ2n) is 9.59. The lowest BCUT2D eigenvalue weighted by atomic mass is 9.53. The van der Waals surface area contributed by atoms with E-state index in [1.54, 1.807) is 0 Å². The van der Waals surface area contributed by atoms with Gasteiger partial charge in [0.1, 0.15) is 5.82 Å². The van der Waals surface area contributed by atoms with E-state index in [-0.39, 0.29) is 17.0 Å². The fraction of sp³-hybridized carbons (Fsp3) is 0.542. The molecule has 152 valence electrons. The van der Waals surface area contributed by atoms with Crippen LogP contribution in [0.5, 0.6) is 0 Å². The molecule has 6 rings (SSSR count). The number of carbonyl (C=O) groups is 1. The Bertz CT molecular complexity index is 944. The van der Waals surface area contributed by atoms with Crippen LogP contribution in [0.2, 0.25) is 0 Å². The van der Waals surface area contributed by atoms with Crippen molar-refractivity contribution in [3.63, 3.8) is 0 Å². The quantitative estimate of drug-likeness (QED) is 0.815. The van der Waals surface area contributed by atoms with Crippen molar-refractivity contribution in [2.24, 2.45) is 17.8 Å². The highest BCUT2D eigenvalue weighted by Crippen LogP contribution is 2.55. The summed E-state index contributed by atoms with van der Waals surface area (Å²) in [5.74, 6) is 3.08. The topological polar surface area (TPSA) is 74.8 Å². The van der Waals surface area contributed by atoms with Crippen molar-refractivity contribution in [3.8, 4) is 11.4 Å². The molecule has 2 aromatic rings. The molecule has 5 nitrogen and oxygen atoms in total. The molecule has 0 radical (unpaired) electrons. The first-order valence-electron chi connectivity index (χ1n) is 11.0. The van der Waals surface area contributed by atoms with Crippen molar-refractivity contribution in [3.05, 3.63) is 51.9 Å². The average molecular weight is 392 g/mol. The summed E-state index contributed by atoms with van der Waals surface area (Å²) in [5.41, 5.74) is 2.10. The number of aryl methyl sites for hydroxylation is 1. The van der Waals surface area contributed by atoms with E-state index in [4.69, 9.17) is 0 Å². The summed E-state index contributed by atoms with van der Waals surface area (Å²) in [6.07, 6.45) is 8.32. The summed E-state index contributed by atoms with van der Waals surface area (Å²) in [5, 5.41) is 3.40. The fourth-order valence-electron chi connectivity index (χ4n) is 6.50. The first kappa shape index (κ1) is 18.6. The van der Waals surface area contributed by atoms with Gasteiger partial charge in [0.25, 0.3) is 5.56 Å². The van der Waals surface area contributed by atoms with Crippen LogP contribution in [-0.2, 0) is 11.2 Å². The van der Waals surface area contributed by atoms with Gasteiger partial charge in [0.2, 0.25) is 5.91 Å². The van der Waals surface area contributed by atoms with Crippen LogP contribution in [0, 0.1) is 24.7 Å². The van der Waals surface area contributed by atoms with Gasteiger partial charge in [-0.1, -0.05) is 30.3 Å². The van der Waals surface area contributed by atoms with Gasteiger partial charge in [-0.25, -0.2) is 4.98 Å². The highest BCUT2D eigenvalue weighted by molar-refractivity contribution is 5.77. The molecule has 1 aromatic carbocycles. The van der Waals surface area contributed by atoms with E-state index < -0.39 is 0 Å². The van der Waals surface area contributed by atoms with E-state index in [9.17, 15) is 9.59 Å². The molecule has 0 spiro atoms. The predicted octanol–water partition coefficient (Wildman–Crippen LogP) is 3.76. The Hall–Kier alpha value is -2.43. The number of nitrogens with zero attached hydrogens (tertiary/aromatic N) is 1. The number of carbonyl (C=O) groups excluding carboxylic acids is 1. The Balaban J connectivity index is 1.26. The van der Waals surface area contributed by atoms with Gasteiger partial charge in [-0.15, -0.1) is 0 Å². The van der Waals surface area contributed by atoms with Gasteiger partial charge in [-0.3, -0.25) is 9.59 Å². The van der Waals surface area contributed by atoms with Crippen LogP contribution in [0.4, 0.5) is 0 Å². The van der Waals surface area contributed by atoms with Gasteiger partial charge >= 0.3 is 0 Å². The molecule has 4 bridgehead atoms. The van der Waals surface area contributed by atoms with Gasteiger partial charge in [0.05, 0.1) is 0 Å². The largest absolute Gasteiger partial charge is 0.351 e. The summed E-state index contributed by atoms with van der Waals surface area (Å²) in [4.78, 5) is 32.9. The molecule has 0 atom stereocenters. The highest BCUT2D eigenvalue weighted by Gasteiger charge is 2.51. The van der Waals surface area contributed by atoms with Crippen LogP contribution in [0.15, 0.2) is 35.1 Å². The molecule has 1 aromatic heterocycles. The van der Waals surface area contributed by atoms with Gasteiger partial charge < -0.3 is 10.3 Å². The van der Waals surface area contributed by atoms with Gasteiger partial charge in [-0.05, 0) is 69.6 Å². The minimum Gasteiger partial charge on any atom is -0.351 e. The lowest BCUT2D eigenvalue weighted by Gasteiger charge is -2.56. The molecule has 4 fully saturated rings. The highest BCUT2D eigenvalue weighted by atomic mass is 16.1. The van der Waals surface area contributed by atoms with E-state index in [2.05, 4.69) is 15.3 Å². The van der Waals surface area contributed by atoms with Crippen LogP contribution >= 0.6 is 0 Å². The van der Waals surface area contributed by atoms with Crippen molar-refractivity contribution < 1.29 is 4.79 Å². The summed E-state index contributed by atoms with van der Waals surface area (Å²) >= 11 is 0. The molecule has 5 heteroatoms. The number of hydrogen-bond acceptors (Lipinski definition) is 3. The van der Waals surface area contributed by atoms with E-state index in [1.165, 1.54) is 19.3 Å². The van der Waals surface area contributed by atoms with E-state index in [1.807, 2.05) is 37.3 Å². The molecule has 0 unspecified atom stereocenters. The molecular formula is C24H29N3O2. The smallest absolute Gasteiger partial charge is 0.254 e. The van der Waals surface area contributed by atoms with Crippen molar-refractivity contribution in [1.82, 2.24) is 15.3 Å². The summed E-state index contributed by atoms with van der Waals surface area (Å²) in [6.45, 7) is 1.86. The van der Waals surface area contributed by atoms with Crippen LogP contribution in [0.25, 0.3) is 11.4 Å². The molecule has 2 N–H and O–H groups in total. The number of rotatable bonds is 5. The normalized spacial score (nSPS) is 29.8. The second-order valence-corrected chi connectivity index (χ2v) is 9.59. The number of aromatic amines is 1. The minimum absolute atomic E-state index is 0.0305. The first-order chi connectivity index (χ1) is 14.0. The third kappa shape index (κ3) is 3.63. The SMILES string of the molecule is Cc1nc(-c2ccccc2)[nH]c(=O)c1CCC(=O)NC12CC3CC(CC(C3)C1)C2. The van der Waals surface area contributed by atoms with Gasteiger partial charge in [0, 0.05) is 28.8 Å². The number of amides is 1. The standard InChI is InChI=1S/C24H29N3O2/c1-15-20(23(29)26-22(25-15)19-5-3-2-4-6-19)7-8-21(28)27-24-12-16-9-17(13-24)11-18(10-16)14-24/h2-6,16-18H,7-14H2,1H3,(H,27,28)(H,25,26,29). The molecule has 29 heavy (non-hydrogen) atoms. The van der Waals surface area contributed by atoms with Crippen molar-refractivity contribution >= 4 is 5.91 Å². The van der Waals surface area contributed by atoms with Gasteiger partial charge in [0.15, 0.2) is 0 Å². The fourth-order valence-corrected chi connectivity index (χ4v) is 6.50. The lowest BCUT2D eigenvalue weighted by Crippen LogP contribution is -2.59. The molecular weight excluding hydrogens is 362 g/mol. The molecule has 1 heterocycles. The predicted molar refractivity (Wildman–Crippen MR) is 112 cm³/mol. The molecule has 1 amide bonds. The van der Waals surface area contributed by atoms with Gasteiger partial charge in [-0.2, -0.15) is 0 Å². The Morgan fingerprint density at radius 1 is 1.10 bits per heavy atom. The van der Waals surface area contributed by atoms with Crippen molar-refractivity contribution in [2.45, 2.75) is 63.8 Å². The summed E-state index contributed by atoms with van der Waals surface area (Å²) < 4.78 is 0. The zero-order chi connectivity index (χ0) is 20.0. The molecule has 0 saturated heterocycles. The average Bonchev–Trinajstić information content (AvgIpc) is 2.66. The van der Waals surface area contributed by atoms with Crippen molar-refractivity contribution in [1.29, 1.82) is 0 Å². The maximum absolute atomic E-state index is 12.8. The zero-order valence-corrected chi connectivity index (χ0v) is 17.0. The molecule has 0 aliphatic heterocycles. The van der Waals surface area contributed by atoms with Crippen molar-refractivity contribution in [2.75, 3.05) is 0 Å². The Morgan fingerprint density at radius 2 is 1.72 bits per heavy atom. The first-order valence-corrected chi connectivity index (χ1v) is 11.0. The number of aromatic nitrogens is 2. The van der Waals surface area contributed by atoms with E-state index >= 15 is 0 Å². The Kier molecular flexibility index (Phi) is 4.56. The van der Waals surface area contributed by atoms with Crippen LogP contribution in [-0.4, -0.2) is 21.4 Å². The summed E-state index contributed by atoms with van der Waals surface area (Å²) in [6, 6.07) is 9.64. The number of benzene rings is 1. The van der Waals surface area contributed by atoms with Crippen LogP contribution < -0.4 is 10.9 Å². The maximum Gasteiger partial charge on any atom is 0.254 e. The molecule has 4 aliphatic carbocycles. The monoisotopic (exact) mass is 391 g/mol. The second kappa shape index (κ2) is 7.12. The molecule has 4 saturated carbocycles. The minimum atomic E-state index is -0.140. The lowest BCUT2D eigenvalue weighted by molar-refractivity contribution is -0.126. The van der Waals surface area contributed by atoms with Crippen LogP contribution in [0.3, 0.4) is 0 Å². The summed E-state index contributed by atoms with van der Waals surface area (Å²) in [7, 11) is 0. The maximum atomic E-state index is 12.8. The third-order valence-electron chi connectivity index (χ3n) is 7.31. The third-order valence-corrected chi connectivity index (χ3v) is 7.31. The number of nitrogens with one attached hydrogen (secondary N) is 2. The Morgan fingerprint density at radius 3 is 2.31 bits per heavy atom. The molecule has 4 aliphatic rings. The number of hydrogen-bond donors (Lipinski definition) is 2.